The molecule has 144 valence electrons. The fourth-order valence-electron chi connectivity index (χ4n) is 4.33. The summed E-state index contributed by atoms with van der Waals surface area (Å²) in [5.74, 6) is -0.135. The number of Topliss-reactive ketones (excluding diaryl/α,β-unsaturated/α-hetero) is 1. The molecule has 30 heavy (non-hydrogen) atoms. The highest BCUT2D eigenvalue weighted by molar-refractivity contribution is 6.21. The second-order valence-electron chi connectivity index (χ2n) is 7.50. The smallest absolute Gasteiger partial charge is 0.163 e. The molecule has 0 aliphatic carbocycles. The number of rotatable bonds is 3. The summed E-state index contributed by atoms with van der Waals surface area (Å²) in [5, 5.41) is 14.7. The highest BCUT2D eigenvalue weighted by Gasteiger charge is 2.17. The maximum absolute atomic E-state index is 12.1. The van der Waals surface area contributed by atoms with E-state index >= 15 is 0 Å². The fourth-order valence-corrected chi connectivity index (χ4v) is 4.33. The largest absolute Gasteiger partial charge is 0.507 e. The Labute approximate surface area is 175 Å². The second kappa shape index (κ2) is 7.16. The van der Waals surface area contributed by atoms with E-state index < -0.39 is 0 Å². The summed E-state index contributed by atoms with van der Waals surface area (Å²) >= 11 is 0. The summed E-state index contributed by atoms with van der Waals surface area (Å²) in [4.78, 5) is 12.1. The van der Waals surface area contributed by atoms with Gasteiger partial charge in [-0.3, -0.25) is 4.79 Å². The maximum atomic E-state index is 12.1. The van der Waals surface area contributed by atoms with Gasteiger partial charge >= 0.3 is 0 Å². The van der Waals surface area contributed by atoms with E-state index in [1.54, 1.807) is 12.1 Å². The first kappa shape index (κ1) is 18.1. The predicted octanol–water partition coefficient (Wildman–Crippen LogP) is 7.24. The van der Waals surface area contributed by atoms with Crippen molar-refractivity contribution in [3.8, 4) is 28.0 Å². The number of fused-ring (bicyclic) bond motifs is 2. The molecule has 0 saturated heterocycles. The number of phenols is 1. The summed E-state index contributed by atoms with van der Waals surface area (Å²) in [5.41, 5.74) is 4.71. The molecule has 0 fully saturated rings. The number of carbonyl (C=O) groups excluding carboxylic acids is 1. The molecule has 0 aliphatic heterocycles. The maximum Gasteiger partial charge on any atom is 0.163 e. The van der Waals surface area contributed by atoms with Crippen LogP contribution >= 0.6 is 0 Å². The van der Waals surface area contributed by atoms with Crippen LogP contribution in [0.2, 0.25) is 0 Å². The van der Waals surface area contributed by atoms with Crippen LogP contribution in [-0.2, 0) is 0 Å². The van der Waals surface area contributed by atoms with Crippen LogP contribution in [0.5, 0.6) is 5.75 Å². The van der Waals surface area contributed by atoms with Gasteiger partial charge in [0.1, 0.15) is 5.75 Å². The Morgan fingerprint density at radius 1 is 0.600 bits per heavy atom. The highest BCUT2D eigenvalue weighted by Crippen LogP contribution is 2.44. The van der Waals surface area contributed by atoms with Crippen molar-refractivity contribution in [3.63, 3.8) is 0 Å². The van der Waals surface area contributed by atoms with Gasteiger partial charge in [-0.05, 0) is 62.9 Å². The molecule has 0 aromatic heterocycles. The average molecular weight is 388 g/mol. The van der Waals surface area contributed by atoms with Gasteiger partial charge in [0, 0.05) is 0 Å². The number of phenolic OH excluding ortho intramolecular Hbond substituents is 1. The first-order valence-corrected chi connectivity index (χ1v) is 9.98. The van der Waals surface area contributed by atoms with Gasteiger partial charge in [-0.25, -0.2) is 0 Å². The Kier molecular flexibility index (Phi) is 4.33. The van der Waals surface area contributed by atoms with Gasteiger partial charge in [0.15, 0.2) is 5.78 Å². The standard InChI is InChI=1S/C28H20O2/c1-18(29)25-17-20(15-16-26(25)30)28-23-13-7-5-11-21(23)27(19-9-3-2-4-10-19)22-12-6-8-14-24(22)28/h2-17,30H,1H3. The zero-order valence-electron chi connectivity index (χ0n) is 16.6. The Bertz CT molecular complexity index is 1360. The quantitative estimate of drug-likeness (QED) is 0.261. The molecule has 2 heteroatoms. The summed E-state index contributed by atoms with van der Waals surface area (Å²) in [6.07, 6.45) is 0. The van der Waals surface area contributed by atoms with Gasteiger partial charge in [-0.1, -0.05) is 84.9 Å². The topological polar surface area (TPSA) is 37.3 Å². The van der Waals surface area contributed by atoms with Crippen molar-refractivity contribution in [1.29, 1.82) is 0 Å². The molecule has 5 aromatic rings. The second-order valence-corrected chi connectivity index (χ2v) is 7.50. The van der Waals surface area contributed by atoms with Crippen LogP contribution in [0.25, 0.3) is 43.8 Å². The van der Waals surface area contributed by atoms with Gasteiger partial charge < -0.3 is 5.11 Å². The van der Waals surface area contributed by atoms with Crippen molar-refractivity contribution in [1.82, 2.24) is 0 Å². The number of carbonyl (C=O) groups is 1. The predicted molar refractivity (Wildman–Crippen MR) is 124 cm³/mol. The lowest BCUT2D eigenvalue weighted by Gasteiger charge is -2.18. The molecule has 2 nitrogen and oxygen atoms in total. The van der Waals surface area contributed by atoms with E-state index in [2.05, 4.69) is 60.7 Å². The number of ketones is 1. The number of benzene rings is 5. The molecule has 0 aliphatic rings. The summed E-state index contributed by atoms with van der Waals surface area (Å²) in [6, 6.07) is 32.5. The van der Waals surface area contributed by atoms with E-state index in [9.17, 15) is 9.90 Å². The molecule has 5 aromatic carbocycles. The zero-order valence-corrected chi connectivity index (χ0v) is 16.6. The van der Waals surface area contributed by atoms with E-state index in [1.807, 2.05) is 24.3 Å². The monoisotopic (exact) mass is 388 g/mol. The third-order valence-electron chi connectivity index (χ3n) is 5.66. The number of aromatic hydroxyl groups is 1. The van der Waals surface area contributed by atoms with Crippen molar-refractivity contribution in [2.24, 2.45) is 0 Å². The first-order valence-electron chi connectivity index (χ1n) is 9.98. The van der Waals surface area contributed by atoms with Crippen molar-refractivity contribution in [2.45, 2.75) is 6.92 Å². The van der Waals surface area contributed by atoms with Crippen molar-refractivity contribution in [3.05, 3.63) is 103 Å². The fraction of sp³-hybridized carbons (Fsp3) is 0.0357. The third-order valence-corrected chi connectivity index (χ3v) is 5.66. The van der Waals surface area contributed by atoms with Gasteiger partial charge in [0.2, 0.25) is 0 Å². The Morgan fingerprint density at radius 3 is 1.57 bits per heavy atom. The molecule has 1 N–H and O–H groups in total. The molecule has 0 unspecified atom stereocenters. The molecule has 0 saturated carbocycles. The third kappa shape index (κ3) is 2.85. The minimum Gasteiger partial charge on any atom is -0.507 e. The summed E-state index contributed by atoms with van der Waals surface area (Å²) < 4.78 is 0. The Balaban J connectivity index is 1.96. The van der Waals surface area contributed by atoms with Gasteiger partial charge in [0.05, 0.1) is 5.56 Å². The van der Waals surface area contributed by atoms with E-state index in [1.165, 1.54) is 18.1 Å². The van der Waals surface area contributed by atoms with E-state index in [-0.39, 0.29) is 11.5 Å². The lowest BCUT2D eigenvalue weighted by atomic mass is 9.85. The molecule has 0 heterocycles. The molecular formula is C28H20O2. The minimum atomic E-state index is -0.149. The lowest BCUT2D eigenvalue weighted by molar-refractivity contribution is 0.101. The summed E-state index contributed by atoms with van der Waals surface area (Å²) in [6.45, 7) is 1.48. The molecule has 0 bridgehead atoms. The molecule has 0 atom stereocenters. The molecule has 0 radical (unpaired) electrons. The number of hydrogen-bond donors (Lipinski definition) is 1. The van der Waals surface area contributed by atoms with E-state index in [0.717, 1.165) is 32.7 Å². The van der Waals surface area contributed by atoms with Crippen LogP contribution in [0.4, 0.5) is 0 Å². The van der Waals surface area contributed by atoms with Crippen molar-refractivity contribution in [2.75, 3.05) is 0 Å². The van der Waals surface area contributed by atoms with E-state index in [4.69, 9.17) is 0 Å². The van der Waals surface area contributed by atoms with Gasteiger partial charge in [0.25, 0.3) is 0 Å². The SMILES string of the molecule is CC(=O)c1cc(-c2c3ccccc3c(-c3ccccc3)c3ccccc23)ccc1O. The molecule has 0 amide bonds. The van der Waals surface area contributed by atoms with Crippen molar-refractivity contribution < 1.29 is 9.90 Å². The average Bonchev–Trinajstić information content (AvgIpc) is 2.78. The minimum absolute atomic E-state index is 0.0146. The Hall–Kier alpha value is -3.91. The molecule has 5 rings (SSSR count). The van der Waals surface area contributed by atoms with Gasteiger partial charge in [-0.2, -0.15) is 0 Å². The van der Waals surface area contributed by atoms with Crippen LogP contribution < -0.4 is 0 Å². The first-order chi connectivity index (χ1) is 14.6. The van der Waals surface area contributed by atoms with E-state index in [0.29, 0.717) is 5.56 Å². The van der Waals surface area contributed by atoms with Crippen LogP contribution in [0.15, 0.2) is 97.1 Å². The molecular weight excluding hydrogens is 368 g/mol. The molecule has 0 spiro atoms. The zero-order chi connectivity index (χ0) is 20.7. The number of hydrogen-bond acceptors (Lipinski definition) is 2. The van der Waals surface area contributed by atoms with Crippen LogP contribution in [0.1, 0.15) is 17.3 Å². The summed E-state index contributed by atoms with van der Waals surface area (Å²) in [7, 11) is 0. The highest BCUT2D eigenvalue weighted by atomic mass is 16.3. The Morgan fingerprint density at radius 2 is 1.07 bits per heavy atom. The lowest BCUT2D eigenvalue weighted by Crippen LogP contribution is -1.95. The van der Waals surface area contributed by atoms with Crippen LogP contribution in [0.3, 0.4) is 0 Å². The van der Waals surface area contributed by atoms with Gasteiger partial charge in [-0.15, -0.1) is 0 Å². The normalized spacial score (nSPS) is 11.1. The van der Waals surface area contributed by atoms with Crippen molar-refractivity contribution >= 4 is 27.3 Å². The van der Waals surface area contributed by atoms with Crippen LogP contribution in [0, 0.1) is 0 Å². The van der Waals surface area contributed by atoms with Crippen LogP contribution in [-0.4, -0.2) is 10.9 Å².